The van der Waals surface area contributed by atoms with Gasteiger partial charge in [0.05, 0.1) is 23.4 Å². The van der Waals surface area contributed by atoms with Crippen molar-refractivity contribution in [2.24, 2.45) is 0 Å². The van der Waals surface area contributed by atoms with Gasteiger partial charge in [-0.25, -0.2) is 14.6 Å². The van der Waals surface area contributed by atoms with E-state index in [1.54, 1.807) is 0 Å². The molecule has 2 rings (SSSR count). The number of carbonyl (C=O) groups is 2. The maximum Gasteiger partial charge on any atom is 0.326 e. The van der Waals surface area contributed by atoms with Gasteiger partial charge in [0.25, 0.3) is 0 Å². The van der Waals surface area contributed by atoms with Gasteiger partial charge in [-0.15, -0.1) is 11.3 Å². The van der Waals surface area contributed by atoms with Gasteiger partial charge in [-0.1, -0.05) is 0 Å². The zero-order valence-corrected chi connectivity index (χ0v) is 11.2. The molecule has 0 radical (unpaired) electrons. The lowest BCUT2D eigenvalue weighted by molar-refractivity contribution is -0.141. The number of urea groups is 1. The minimum absolute atomic E-state index is 0.0406. The number of likely N-dealkylation sites (tertiary alicyclic amines) is 1. The van der Waals surface area contributed by atoms with E-state index in [2.05, 4.69) is 10.3 Å². The molecule has 0 unspecified atom stereocenters. The number of amides is 2. The summed E-state index contributed by atoms with van der Waals surface area (Å²) < 4.78 is 0. The van der Waals surface area contributed by atoms with E-state index in [9.17, 15) is 14.7 Å². The predicted octanol–water partition coefficient (Wildman–Crippen LogP) is 0.181. The number of aryl methyl sites for hydroxylation is 1. The number of nitrogens with one attached hydrogen (secondary N) is 1. The van der Waals surface area contributed by atoms with Crippen molar-refractivity contribution in [2.75, 3.05) is 6.54 Å². The Bertz CT molecular complexity index is 490. The smallest absolute Gasteiger partial charge is 0.326 e. The van der Waals surface area contributed by atoms with Crippen molar-refractivity contribution in [1.82, 2.24) is 15.2 Å². The number of aliphatic hydroxyl groups excluding tert-OH is 1. The van der Waals surface area contributed by atoms with E-state index in [-0.39, 0.29) is 19.5 Å². The normalized spacial score (nSPS) is 22.5. The average Bonchev–Trinajstić information content (AvgIpc) is 2.92. The van der Waals surface area contributed by atoms with Crippen molar-refractivity contribution >= 4 is 23.3 Å². The molecule has 8 heteroatoms. The first-order valence-electron chi connectivity index (χ1n) is 5.83. The third-order valence-electron chi connectivity index (χ3n) is 2.91. The van der Waals surface area contributed by atoms with E-state index in [4.69, 9.17) is 5.11 Å². The first-order valence-corrected chi connectivity index (χ1v) is 6.71. The molecule has 104 valence electrons. The van der Waals surface area contributed by atoms with E-state index in [0.29, 0.717) is 0 Å². The summed E-state index contributed by atoms with van der Waals surface area (Å²) in [5.74, 6) is -1.10. The van der Waals surface area contributed by atoms with Crippen molar-refractivity contribution in [2.45, 2.75) is 32.0 Å². The number of thiazole rings is 1. The number of rotatable bonds is 3. The Morgan fingerprint density at radius 3 is 2.95 bits per heavy atom. The standard InChI is InChI=1S/C11H15N3O4S/c1-6-13-7(5-19-6)3-12-11(18)14-4-8(15)2-9(14)10(16)17/h5,8-9,15H,2-4H2,1H3,(H,12,18)(H,16,17)/t8-,9+/m1/s1. The lowest BCUT2D eigenvalue weighted by atomic mass is 10.2. The summed E-state index contributed by atoms with van der Waals surface area (Å²) in [6.45, 7) is 2.16. The molecule has 2 atom stereocenters. The van der Waals surface area contributed by atoms with E-state index >= 15 is 0 Å². The number of β-amino-alcohol motifs (C(OH)–C–C–N with tert-alkyl or cyclic N) is 1. The Labute approximate surface area is 113 Å². The van der Waals surface area contributed by atoms with Crippen LogP contribution >= 0.6 is 11.3 Å². The van der Waals surface area contributed by atoms with Gasteiger partial charge in [0.1, 0.15) is 6.04 Å². The van der Waals surface area contributed by atoms with Crippen LogP contribution in [0.15, 0.2) is 5.38 Å². The lowest BCUT2D eigenvalue weighted by Crippen LogP contribution is -2.46. The molecule has 0 bridgehead atoms. The molecular formula is C11H15N3O4S. The quantitative estimate of drug-likeness (QED) is 0.735. The SMILES string of the molecule is Cc1nc(CNC(=O)N2C[C@H](O)C[C@H]2C(=O)O)cs1. The fourth-order valence-corrected chi connectivity index (χ4v) is 2.64. The highest BCUT2D eigenvalue weighted by Crippen LogP contribution is 2.18. The van der Waals surface area contributed by atoms with E-state index < -0.39 is 24.1 Å². The second-order valence-corrected chi connectivity index (χ2v) is 5.47. The second-order valence-electron chi connectivity index (χ2n) is 4.41. The molecule has 2 heterocycles. The third-order valence-corrected chi connectivity index (χ3v) is 3.73. The van der Waals surface area contributed by atoms with Crippen LogP contribution in [0.1, 0.15) is 17.1 Å². The fourth-order valence-electron chi connectivity index (χ4n) is 2.03. The molecule has 2 amide bonds. The molecule has 19 heavy (non-hydrogen) atoms. The van der Waals surface area contributed by atoms with Gasteiger partial charge in [-0.2, -0.15) is 0 Å². The summed E-state index contributed by atoms with van der Waals surface area (Å²) in [4.78, 5) is 28.2. The molecule has 1 aliphatic heterocycles. The maximum atomic E-state index is 11.9. The van der Waals surface area contributed by atoms with Crippen LogP contribution in [0.3, 0.4) is 0 Å². The first-order chi connectivity index (χ1) is 8.97. The fraction of sp³-hybridized carbons (Fsp3) is 0.545. The third kappa shape index (κ3) is 3.21. The van der Waals surface area contributed by atoms with Gasteiger partial charge < -0.3 is 20.4 Å². The molecule has 1 aromatic rings. The number of hydrogen-bond acceptors (Lipinski definition) is 5. The van der Waals surface area contributed by atoms with Crippen molar-refractivity contribution in [3.05, 3.63) is 16.1 Å². The molecule has 0 aromatic carbocycles. The Hall–Kier alpha value is -1.67. The Morgan fingerprint density at radius 2 is 2.37 bits per heavy atom. The summed E-state index contributed by atoms with van der Waals surface area (Å²) in [6, 6.07) is -1.46. The van der Waals surface area contributed by atoms with E-state index in [1.165, 1.54) is 11.3 Å². The molecule has 1 aliphatic rings. The van der Waals surface area contributed by atoms with Crippen LogP contribution in [-0.4, -0.2) is 50.8 Å². The topological polar surface area (TPSA) is 103 Å². The van der Waals surface area contributed by atoms with Crippen molar-refractivity contribution < 1.29 is 19.8 Å². The van der Waals surface area contributed by atoms with Gasteiger partial charge in [0.2, 0.25) is 0 Å². The monoisotopic (exact) mass is 285 g/mol. The van der Waals surface area contributed by atoms with Gasteiger partial charge >= 0.3 is 12.0 Å². The van der Waals surface area contributed by atoms with E-state index in [0.717, 1.165) is 15.6 Å². The average molecular weight is 285 g/mol. The molecule has 3 N–H and O–H groups in total. The Kier molecular flexibility index (Phi) is 4.01. The molecule has 1 aromatic heterocycles. The van der Waals surface area contributed by atoms with Crippen LogP contribution in [-0.2, 0) is 11.3 Å². The minimum atomic E-state index is -1.10. The van der Waals surface area contributed by atoms with Gasteiger partial charge in [-0.05, 0) is 6.92 Å². The number of carboxylic acid groups (broad SMARTS) is 1. The van der Waals surface area contributed by atoms with Crippen molar-refractivity contribution in [3.8, 4) is 0 Å². The summed E-state index contributed by atoms with van der Waals surface area (Å²) >= 11 is 1.48. The number of aliphatic carboxylic acids is 1. The number of hydrogen-bond donors (Lipinski definition) is 3. The molecule has 1 fully saturated rings. The highest BCUT2D eigenvalue weighted by Gasteiger charge is 2.38. The number of aromatic nitrogens is 1. The summed E-state index contributed by atoms with van der Waals surface area (Å²) in [5, 5.41) is 23.8. The Balaban J connectivity index is 1.93. The highest BCUT2D eigenvalue weighted by atomic mass is 32.1. The molecule has 7 nitrogen and oxygen atoms in total. The van der Waals surface area contributed by atoms with Crippen LogP contribution in [0.2, 0.25) is 0 Å². The largest absolute Gasteiger partial charge is 0.480 e. The molecule has 1 saturated heterocycles. The van der Waals surface area contributed by atoms with Crippen LogP contribution in [0.25, 0.3) is 0 Å². The van der Waals surface area contributed by atoms with Crippen LogP contribution in [0.5, 0.6) is 0 Å². The summed E-state index contributed by atoms with van der Waals surface area (Å²) in [6.07, 6.45) is -0.716. The zero-order valence-electron chi connectivity index (χ0n) is 10.4. The van der Waals surface area contributed by atoms with Gasteiger partial charge in [-0.3, -0.25) is 0 Å². The number of carbonyl (C=O) groups excluding carboxylic acids is 1. The number of carboxylic acids is 1. The van der Waals surface area contributed by atoms with Gasteiger partial charge in [0.15, 0.2) is 0 Å². The summed E-state index contributed by atoms with van der Waals surface area (Å²) in [5.41, 5.74) is 0.738. The van der Waals surface area contributed by atoms with Gasteiger partial charge in [0, 0.05) is 18.3 Å². The number of aliphatic hydroxyl groups is 1. The lowest BCUT2D eigenvalue weighted by Gasteiger charge is -2.21. The molecule has 0 spiro atoms. The maximum absolute atomic E-state index is 11.9. The molecule has 0 saturated carbocycles. The summed E-state index contributed by atoms with van der Waals surface area (Å²) in [7, 11) is 0. The van der Waals surface area contributed by atoms with Crippen LogP contribution in [0.4, 0.5) is 4.79 Å². The van der Waals surface area contributed by atoms with Crippen LogP contribution < -0.4 is 5.32 Å². The van der Waals surface area contributed by atoms with Crippen LogP contribution in [0, 0.1) is 6.92 Å². The second kappa shape index (κ2) is 5.54. The predicted molar refractivity (Wildman–Crippen MR) is 67.8 cm³/mol. The van der Waals surface area contributed by atoms with Crippen molar-refractivity contribution in [1.29, 1.82) is 0 Å². The highest BCUT2D eigenvalue weighted by molar-refractivity contribution is 7.09. The first kappa shape index (κ1) is 13.8. The van der Waals surface area contributed by atoms with Crippen molar-refractivity contribution in [3.63, 3.8) is 0 Å². The van der Waals surface area contributed by atoms with E-state index in [1.807, 2.05) is 12.3 Å². The minimum Gasteiger partial charge on any atom is -0.480 e. The zero-order chi connectivity index (χ0) is 14.0. The molecular weight excluding hydrogens is 270 g/mol. The Morgan fingerprint density at radius 1 is 1.63 bits per heavy atom. The number of nitrogens with zero attached hydrogens (tertiary/aromatic N) is 2. The molecule has 0 aliphatic carbocycles.